The van der Waals surface area contributed by atoms with Crippen LogP contribution in [0.1, 0.15) is 38.1 Å². The molecule has 1 fully saturated rings. The molecule has 8 nitrogen and oxygen atoms in total. The lowest BCUT2D eigenvalue weighted by Gasteiger charge is -2.29. The molecule has 0 spiro atoms. The molecule has 0 bridgehead atoms. The number of nitrogens with zero attached hydrogens (tertiary/aromatic N) is 3. The van der Waals surface area contributed by atoms with Gasteiger partial charge in [0.2, 0.25) is 0 Å². The van der Waals surface area contributed by atoms with Gasteiger partial charge in [-0.15, -0.1) is 0 Å². The fourth-order valence-electron chi connectivity index (χ4n) is 2.75. The van der Waals surface area contributed by atoms with E-state index in [2.05, 4.69) is 38.1 Å². The number of morpholine rings is 1. The number of anilines is 2. The van der Waals surface area contributed by atoms with Gasteiger partial charge in [-0.1, -0.05) is 20.8 Å². The third-order valence-corrected chi connectivity index (χ3v) is 4.85. The monoisotopic (exact) mass is 359 g/mol. The van der Waals surface area contributed by atoms with Crippen molar-refractivity contribution in [3.8, 4) is 0 Å². The first-order chi connectivity index (χ1) is 12.2. The van der Waals surface area contributed by atoms with Crippen LogP contribution >= 0.6 is 0 Å². The molecule has 2 aromatic rings. The van der Waals surface area contributed by atoms with Gasteiger partial charge >= 0.3 is 0 Å². The summed E-state index contributed by atoms with van der Waals surface area (Å²) in [4.78, 5) is 25.7. The summed E-state index contributed by atoms with van der Waals surface area (Å²) < 4.78 is 6.84. The van der Waals surface area contributed by atoms with Crippen molar-refractivity contribution in [3.05, 3.63) is 24.0 Å². The lowest BCUT2D eigenvalue weighted by atomic mass is 9.88. The Morgan fingerprint density at radius 2 is 2.15 bits per heavy atom. The highest BCUT2D eigenvalue weighted by Gasteiger charge is 2.26. The van der Waals surface area contributed by atoms with Crippen LogP contribution in [0.5, 0.6) is 0 Å². The molecule has 1 atom stereocenters. The topological polar surface area (TPSA) is 102 Å². The van der Waals surface area contributed by atoms with E-state index in [0.29, 0.717) is 29.9 Å². The van der Waals surface area contributed by atoms with Crippen LogP contribution in [0, 0.1) is 5.41 Å². The van der Waals surface area contributed by atoms with Crippen molar-refractivity contribution in [1.29, 1.82) is 0 Å². The number of rotatable bonds is 4. The molecule has 26 heavy (non-hydrogen) atoms. The van der Waals surface area contributed by atoms with Crippen molar-refractivity contribution in [3.63, 3.8) is 0 Å². The van der Waals surface area contributed by atoms with Gasteiger partial charge in [-0.3, -0.25) is 9.59 Å². The molecule has 0 aromatic carbocycles. The van der Waals surface area contributed by atoms with E-state index in [1.54, 1.807) is 15.6 Å². The molecule has 0 aliphatic carbocycles. The van der Waals surface area contributed by atoms with E-state index in [9.17, 15) is 9.59 Å². The first kappa shape index (κ1) is 18.2. The number of nitrogens with one attached hydrogen (secondary N) is 1. The second-order valence-corrected chi connectivity index (χ2v) is 7.66. The number of hydrogen-bond acceptors (Lipinski definition) is 5. The number of ether oxygens (including phenoxy) is 1. The van der Waals surface area contributed by atoms with Crippen molar-refractivity contribution < 1.29 is 14.3 Å². The molecule has 140 valence electrons. The van der Waals surface area contributed by atoms with E-state index in [1.807, 2.05) is 6.07 Å². The van der Waals surface area contributed by atoms with Crippen LogP contribution in [-0.4, -0.2) is 47.2 Å². The van der Waals surface area contributed by atoms with Crippen LogP contribution in [0.25, 0.3) is 5.52 Å². The van der Waals surface area contributed by atoms with Crippen LogP contribution in [-0.2, 0) is 9.53 Å². The Kier molecular flexibility index (Phi) is 4.62. The normalized spacial score (nSPS) is 16.8. The number of primary amides is 1. The molecule has 3 heterocycles. The zero-order valence-electron chi connectivity index (χ0n) is 15.6. The Bertz CT molecular complexity index is 852. The number of hydrogen-bond donors (Lipinski definition) is 2. The number of carbonyl (C=O) groups is 2. The quantitative estimate of drug-likeness (QED) is 0.864. The summed E-state index contributed by atoms with van der Waals surface area (Å²) in [5.74, 6) is -0.645. The number of nitrogens with two attached hydrogens (primary N) is 1. The van der Waals surface area contributed by atoms with Gasteiger partial charge in [-0.05, 0) is 18.4 Å². The smallest absolute Gasteiger partial charge is 0.253 e. The standard InChI is InChI=1S/C18H25N5O3/c1-11(18(2,3)4)21-16-13(17(19)25)8-20-23-9-12(7-14(16)23)22-5-6-26-10-15(22)24/h7-9,11,21H,5-6,10H2,1-4H3,(H2,19,25). The summed E-state index contributed by atoms with van der Waals surface area (Å²) in [7, 11) is 0. The zero-order valence-corrected chi connectivity index (χ0v) is 15.6. The molecule has 1 unspecified atom stereocenters. The van der Waals surface area contributed by atoms with Crippen LogP contribution in [0.15, 0.2) is 18.5 Å². The average Bonchev–Trinajstić information content (AvgIpc) is 2.98. The van der Waals surface area contributed by atoms with Gasteiger partial charge in [-0.2, -0.15) is 5.10 Å². The van der Waals surface area contributed by atoms with Crippen LogP contribution in [0.4, 0.5) is 11.4 Å². The highest BCUT2D eigenvalue weighted by Crippen LogP contribution is 2.31. The van der Waals surface area contributed by atoms with Crippen LogP contribution in [0.3, 0.4) is 0 Å². The molecular weight excluding hydrogens is 334 g/mol. The van der Waals surface area contributed by atoms with E-state index >= 15 is 0 Å². The summed E-state index contributed by atoms with van der Waals surface area (Å²) in [6.07, 6.45) is 3.23. The fourth-order valence-corrected chi connectivity index (χ4v) is 2.75. The Balaban J connectivity index is 2.08. The molecule has 3 rings (SSSR count). The minimum Gasteiger partial charge on any atom is -0.380 e. The Labute approximate surface area is 152 Å². The van der Waals surface area contributed by atoms with Gasteiger partial charge in [-0.25, -0.2) is 4.52 Å². The Hall–Kier alpha value is -2.61. The number of carbonyl (C=O) groups excluding carboxylic acids is 2. The number of fused-ring (bicyclic) bond motifs is 1. The molecule has 0 saturated carbocycles. The minimum absolute atomic E-state index is 0.0230. The molecule has 1 aliphatic rings. The summed E-state index contributed by atoms with van der Waals surface area (Å²) in [6.45, 7) is 9.44. The molecule has 3 N–H and O–H groups in total. The fraction of sp³-hybridized carbons (Fsp3) is 0.500. The third kappa shape index (κ3) is 3.37. The van der Waals surface area contributed by atoms with Crippen LogP contribution in [0.2, 0.25) is 0 Å². The first-order valence-electron chi connectivity index (χ1n) is 8.64. The van der Waals surface area contributed by atoms with Crippen molar-refractivity contribution in [2.45, 2.75) is 33.7 Å². The first-order valence-corrected chi connectivity index (χ1v) is 8.64. The minimum atomic E-state index is -0.547. The van der Waals surface area contributed by atoms with Crippen molar-refractivity contribution in [2.75, 3.05) is 30.0 Å². The predicted octanol–water partition coefficient (Wildman–Crippen LogP) is 1.64. The maximum atomic E-state index is 12.1. The molecular formula is C18H25N5O3. The third-order valence-electron chi connectivity index (χ3n) is 4.85. The lowest BCUT2D eigenvalue weighted by molar-refractivity contribution is -0.125. The highest BCUT2D eigenvalue weighted by atomic mass is 16.5. The van der Waals surface area contributed by atoms with Gasteiger partial charge in [0.05, 0.1) is 41.5 Å². The van der Waals surface area contributed by atoms with Crippen LogP contribution < -0.4 is 16.0 Å². The summed E-state index contributed by atoms with van der Waals surface area (Å²) in [5.41, 5.74) is 7.90. The van der Waals surface area contributed by atoms with Gasteiger partial charge in [0.25, 0.3) is 11.8 Å². The molecule has 1 aliphatic heterocycles. The molecule has 8 heteroatoms. The predicted molar refractivity (Wildman–Crippen MR) is 99.4 cm³/mol. The second-order valence-electron chi connectivity index (χ2n) is 7.66. The van der Waals surface area contributed by atoms with Gasteiger partial charge in [0.1, 0.15) is 6.61 Å². The van der Waals surface area contributed by atoms with Crippen molar-refractivity contribution >= 4 is 28.7 Å². The molecule has 2 aromatic heterocycles. The van der Waals surface area contributed by atoms with Crippen molar-refractivity contribution in [2.24, 2.45) is 11.1 Å². The largest absolute Gasteiger partial charge is 0.380 e. The Morgan fingerprint density at radius 1 is 1.42 bits per heavy atom. The van der Waals surface area contributed by atoms with E-state index in [0.717, 1.165) is 5.69 Å². The SMILES string of the molecule is CC(Nc1c(C(N)=O)cnn2cc(N3CCOCC3=O)cc12)C(C)(C)C. The van der Waals surface area contributed by atoms with Gasteiger partial charge < -0.3 is 20.7 Å². The van der Waals surface area contributed by atoms with E-state index < -0.39 is 5.91 Å². The Morgan fingerprint density at radius 3 is 2.77 bits per heavy atom. The number of aromatic nitrogens is 2. The molecule has 2 amide bonds. The summed E-state index contributed by atoms with van der Waals surface area (Å²) in [6, 6.07) is 1.93. The summed E-state index contributed by atoms with van der Waals surface area (Å²) in [5, 5.41) is 7.69. The zero-order chi connectivity index (χ0) is 19.1. The average molecular weight is 359 g/mol. The number of amides is 2. The maximum Gasteiger partial charge on any atom is 0.253 e. The highest BCUT2D eigenvalue weighted by molar-refractivity contribution is 6.03. The van der Waals surface area contributed by atoms with Gasteiger partial charge in [0, 0.05) is 12.6 Å². The molecule has 1 saturated heterocycles. The van der Waals surface area contributed by atoms with Gasteiger partial charge in [0.15, 0.2) is 0 Å². The molecule has 0 radical (unpaired) electrons. The van der Waals surface area contributed by atoms with Crippen molar-refractivity contribution in [1.82, 2.24) is 9.61 Å². The van der Waals surface area contributed by atoms with E-state index in [4.69, 9.17) is 10.5 Å². The maximum absolute atomic E-state index is 12.1. The van der Waals surface area contributed by atoms with E-state index in [-0.39, 0.29) is 24.0 Å². The van der Waals surface area contributed by atoms with E-state index in [1.165, 1.54) is 6.20 Å². The second kappa shape index (κ2) is 6.60. The summed E-state index contributed by atoms with van der Waals surface area (Å²) >= 11 is 0. The lowest BCUT2D eigenvalue weighted by Crippen LogP contribution is -2.41.